The SMILES string of the molecule is CC1CCOC(=O)c2ccccc2C(=O)OCC1. The molecule has 96 valence electrons. The van der Waals surface area contributed by atoms with Gasteiger partial charge in [-0.05, 0) is 30.9 Å². The Morgan fingerprint density at radius 3 is 1.83 bits per heavy atom. The Hall–Kier alpha value is -1.84. The van der Waals surface area contributed by atoms with Gasteiger partial charge < -0.3 is 9.47 Å². The molecular weight excluding hydrogens is 232 g/mol. The monoisotopic (exact) mass is 248 g/mol. The molecule has 4 heteroatoms. The summed E-state index contributed by atoms with van der Waals surface area (Å²) in [5.74, 6) is -0.555. The standard InChI is InChI=1S/C14H16O4/c1-10-6-8-17-13(15)11-4-2-3-5-12(11)14(16)18-9-7-10/h2-5,10H,6-9H2,1H3. The average molecular weight is 248 g/mol. The van der Waals surface area contributed by atoms with E-state index in [4.69, 9.17) is 9.47 Å². The highest BCUT2D eigenvalue weighted by Gasteiger charge is 2.20. The van der Waals surface area contributed by atoms with Crippen LogP contribution in [0.3, 0.4) is 0 Å². The summed E-state index contributed by atoms with van der Waals surface area (Å²) in [5.41, 5.74) is 0.550. The summed E-state index contributed by atoms with van der Waals surface area (Å²) in [4.78, 5) is 23.7. The first-order valence-electron chi connectivity index (χ1n) is 6.12. The van der Waals surface area contributed by atoms with E-state index in [0.29, 0.717) is 19.1 Å². The quantitative estimate of drug-likeness (QED) is 0.662. The molecule has 1 aromatic rings. The molecule has 0 unspecified atom stereocenters. The number of rotatable bonds is 0. The molecule has 1 aliphatic rings. The highest BCUT2D eigenvalue weighted by atomic mass is 16.5. The number of hydrogen-bond acceptors (Lipinski definition) is 4. The predicted molar refractivity (Wildman–Crippen MR) is 65.4 cm³/mol. The molecule has 0 saturated heterocycles. The number of carbonyl (C=O) groups excluding carboxylic acids is 2. The van der Waals surface area contributed by atoms with Gasteiger partial charge in [-0.2, -0.15) is 0 Å². The lowest BCUT2D eigenvalue weighted by molar-refractivity contribution is 0.0479. The Morgan fingerprint density at radius 1 is 0.944 bits per heavy atom. The van der Waals surface area contributed by atoms with Gasteiger partial charge in [0.05, 0.1) is 24.3 Å². The van der Waals surface area contributed by atoms with Crippen molar-refractivity contribution in [3.8, 4) is 0 Å². The van der Waals surface area contributed by atoms with Crippen molar-refractivity contribution in [1.29, 1.82) is 0 Å². The number of ether oxygens (including phenoxy) is 2. The first-order chi connectivity index (χ1) is 8.68. The van der Waals surface area contributed by atoms with Crippen LogP contribution in [0.25, 0.3) is 0 Å². The van der Waals surface area contributed by atoms with Crippen molar-refractivity contribution >= 4 is 11.9 Å². The van der Waals surface area contributed by atoms with Crippen molar-refractivity contribution in [3.05, 3.63) is 35.4 Å². The van der Waals surface area contributed by atoms with Crippen molar-refractivity contribution in [2.75, 3.05) is 13.2 Å². The third-order valence-electron chi connectivity index (χ3n) is 3.05. The topological polar surface area (TPSA) is 52.6 Å². The van der Waals surface area contributed by atoms with Gasteiger partial charge in [0, 0.05) is 0 Å². The Morgan fingerprint density at radius 2 is 1.39 bits per heavy atom. The number of fused-ring (bicyclic) bond motifs is 1. The molecule has 0 fully saturated rings. The molecule has 0 atom stereocenters. The molecule has 0 spiro atoms. The maximum Gasteiger partial charge on any atom is 0.339 e. The van der Waals surface area contributed by atoms with Gasteiger partial charge in [-0.3, -0.25) is 0 Å². The van der Waals surface area contributed by atoms with Gasteiger partial charge in [0.25, 0.3) is 0 Å². The van der Waals surface area contributed by atoms with Crippen LogP contribution in [0.5, 0.6) is 0 Å². The van der Waals surface area contributed by atoms with Gasteiger partial charge in [0.15, 0.2) is 0 Å². The summed E-state index contributed by atoms with van der Waals surface area (Å²) in [7, 11) is 0. The van der Waals surface area contributed by atoms with Gasteiger partial charge in [-0.25, -0.2) is 9.59 Å². The number of hydrogen-bond donors (Lipinski definition) is 0. The minimum Gasteiger partial charge on any atom is -0.462 e. The van der Waals surface area contributed by atoms with E-state index in [1.807, 2.05) is 6.92 Å². The minimum absolute atomic E-state index is 0.275. The molecule has 0 aromatic heterocycles. The zero-order valence-electron chi connectivity index (χ0n) is 10.3. The van der Waals surface area contributed by atoms with E-state index in [-0.39, 0.29) is 11.1 Å². The lowest BCUT2D eigenvalue weighted by Crippen LogP contribution is -2.13. The molecular formula is C14H16O4. The van der Waals surface area contributed by atoms with Gasteiger partial charge in [-0.1, -0.05) is 19.1 Å². The van der Waals surface area contributed by atoms with Crippen LogP contribution in [0.1, 0.15) is 40.5 Å². The van der Waals surface area contributed by atoms with Crippen LogP contribution in [-0.4, -0.2) is 25.2 Å². The molecule has 2 rings (SSSR count). The summed E-state index contributed by atoms with van der Waals surface area (Å²) in [6.45, 7) is 2.80. The number of benzene rings is 1. The summed E-state index contributed by atoms with van der Waals surface area (Å²) < 4.78 is 10.3. The normalized spacial score (nSPS) is 18.3. The number of esters is 2. The lowest BCUT2D eigenvalue weighted by atomic mass is 10.1. The van der Waals surface area contributed by atoms with Crippen LogP contribution in [0, 0.1) is 5.92 Å². The second-order valence-corrected chi connectivity index (χ2v) is 4.50. The molecule has 1 heterocycles. The molecule has 0 saturated carbocycles. The van der Waals surface area contributed by atoms with E-state index in [1.54, 1.807) is 24.3 Å². The van der Waals surface area contributed by atoms with E-state index in [9.17, 15) is 9.59 Å². The molecule has 18 heavy (non-hydrogen) atoms. The Kier molecular flexibility index (Phi) is 3.97. The molecule has 0 aliphatic carbocycles. The Balaban J connectivity index is 2.27. The van der Waals surface area contributed by atoms with Gasteiger partial charge in [0.1, 0.15) is 0 Å². The van der Waals surface area contributed by atoms with Gasteiger partial charge >= 0.3 is 11.9 Å². The van der Waals surface area contributed by atoms with Crippen molar-refractivity contribution in [2.24, 2.45) is 5.92 Å². The van der Waals surface area contributed by atoms with Gasteiger partial charge in [-0.15, -0.1) is 0 Å². The highest BCUT2D eigenvalue weighted by Crippen LogP contribution is 2.16. The maximum atomic E-state index is 11.9. The fourth-order valence-corrected chi connectivity index (χ4v) is 1.84. The molecule has 0 bridgehead atoms. The maximum absolute atomic E-state index is 11.9. The number of cyclic esters (lactones) is 2. The van der Waals surface area contributed by atoms with E-state index < -0.39 is 11.9 Å². The first-order valence-corrected chi connectivity index (χ1v) is 6.12. The minimum atomic E-state index is -0.461. The molecule has 0 N–H and O–H groups in total. The fraction of sp³-hybridized carbons (Fsp3) is 0.429. The zero-order chi connectivity index (χ0) is 13.0. The summed E-state index contributed by atoms with van der Waals surface area (Å²) in [5, 5.41) is 0. The van der Waals surface area contributed by atoms with Crippen LogP contribution < -0.4 is 0 Å². The summed E-state index contributed by atoms with van der Waals surface area (Å²) in [6.07, 6.45) is 1.57. The van der Waals surface area contributed by atoms with E-state index in [1.165, 1.54) is 0 Å². The van der Waals surface area contributed by atoms with Crippen LogP contribution in [0.15, 0.2) is 24.3 Å². The second kappa shape index (κ2) is 5.67. The van der Waals surface area contributed by atoms with Crippen LogP contribution in [-0.2, 0) is 9.47 Å². The molecule has 4 nitrogen and oxygen atoms in total. The Bertz CT molecular complexity index is 412. The largest absolute Gasteiger partial charge is 0.462 e. The second-order valence-electron chi connectivity index (χ2n) is 4.50. The molecule has 1 aliphatic heterocycles. The van der Waals surface area contributed by atoms with Gasteiger partial charge in [0.2, 0.25) is 0 Å². The molecule has 0 radical (unpaired) electrons. The molecule has 0 amide bonds. The zero-order valence-corrected chi connectivity index (χ0v) is 10.3. The van der Waals surface area contributed by atoms with E-state index in [2.05, 4.69) is 0 Å². The van der Waals surface area contributed by atoms with Crippen LogP contribution in [0.2, 0.25) is 0 Å². The average Bonchev–Trinajstić information content (AvgIpc) is 2.39. The third-order valence-corrected chi connectivity index (χ3v) is 3.05. The van der Waals surface area contributed by atoms with Crippen molar-refractivity contribution in [3.63, 3.8) is 0 Å². The molecule has 1 aromatic carbocycles. The van der Waals surface area contributed by atoms with E-state index in [0.717, 1.165) is 12.8 Å². The number of carbonyl (C=O) groups is 2. The summed E-state index contributed by atoms with van der Waals surface area (Å²) >= 11 is 0. The fourth-order valence-electron chi connectivity index (χ4n) is 1.84. The van der Waals surface area contributed by atoms with Crippen molar-refractivity contribution < 1.29 is 19.1 Å². The van der Waals surface area contributed by atoms with Crippen LogP contribution >= 0.6 is 0 Å². The van der Waals surface area contributed by atoms with E-state index >= 15 is 0 Å². The Labute approximate surface area is 106 Å². The predicted octanol–water partition coefficient (Wildman–Crippen LogP) is 2.43. The third kappa shape index (κ3) is 2.88. The lowest BCUT2D eigenvalue weighted by Gasteiger charge is -2.09. The first kappa shape index (κ1) is 12.6. The highest BCUT2D eigenvalue weighted by molar-refractivity contribution is 6.03. The van der Waals surface area contributed by atoms with Crippen molar-refractivity contribution in [2.45, 2.75) is 19.8 Å². The van der Waals surface area contributed by atoms with Crippen LogP contribution in [0.4, 0.5) is 0 Å². The smallest absolute Gasteiger partial charge is 0.339 e. The van der Waals surface area contributed by atoms with Crippen molar-refractivity contribution in [1.82, 2.24) is 0 Å². The summed E-state index contributed by atoms with van der Waals surface area (Å²) in [6, 6.07) is 6.58.